The van der Waals surface area contributed by atoms with E-state index in [1.807, 2.05) is 65.8 Å². The SMILES string of the molecule is CCC(C)(C)C(=O)/C=C(\O)C(C)(C)CC.[Ir].[c-]1ccccc1Oc1nccc2[se]ccc12. The number of allylic oxidation sites excluding steroid dienone is 2. The summed E-state index contributed by atoms with van der Waals surface area (Å²) in [6.45, 7) is 11.7. The second-order valence-electron chi connectivity index (χ2n) is 8.65. The Kier molecular flexibility index (Phi) is 11.1. The first-order chi connectivity index (χ1) is 14.6. The standard InChI is InChI=1S/C13H8NOSe.C13H24O2.Ir/c1-2-4-10(5-3-1)15-13-11-7-9-16-12(11)6-8-14-13;1-7-12(3,4)10(14)9-11(15)13(5,6)8-2;/h1-4,6-9H;9,14H,7-8H2,1-6H3;/q-1;;/b;10-9-;. The molecule has 175 valence electrons. The predicted molar refractivity (Wildman–Crippen MR) is 128 cm³/mol. The van der Waals surface area contributed by atoms with Crippen LogP contribution >= 0.6 is 0 Å². The molecule has 1 N–H and O–H groups in total. The van der Waals surface area contributed by atoms with Crippen LogP contribution in [0, 0.1) is 16.9 Å². The molecule has 0 bridgehead atoms. The van der Waals surface area contributed by atoms with Crippen LogP contribution in [0.4, 0.5) is 0 Å². The molecule has 0 unspecified atom stereocenters. The van der Waals surface area contributed by atoms with Crippen LogP contribution in [0.2, 0.25) is 0 Å². The molecule has 1 radical (unpaired) electrons. The normalized spacial score (nSPS) is 11.9. The molecule has 6 heteroatoms. The van der Waals surface area contributed by atoms with E-state index < -0.39 is 0 Å². The molecule has 3 aromatic rings. The van der Waals surface area contributed by atoms with Crippen molar-refractivity contribution in [3.63, 3.8) is 0 Å². The van der Waals surface area contributed by atoms with Crippen LogP contribution in [0.3, 0.4) is 0 Å². The van der Waals surface area contributed by atoms with E-state index >= 15 is 0 Å². The first-order valence-corrected chi connectivity index (χ1v) is 12.4. The number of carbonyl (C=O) groups is 1. The average molecular weight is 678 g/mol. The molecule has 0 amide bonds. The molecular formula is C26H32IrNO3Se-. The number of fused-ring (bicyclic) bond motifs is 1. The van der Waals surface area contributed by atoms with E-state index in [1.165, 1.54) is 10.3 Å². The van der Waals surface area contributed by atoms with Gasteiger partial charge in [0.1, 0.15) is 5.76 Å². The van der Waals surface area contributed by atoms with Gasteiger partial charge >= 0.3 is 99.1 Å². The Morgan fingerprint density at radius 2 is 1.81 bits per heavy atom. The third-order valence-corrected chi connectivity index (χ3v) is 7.48. The van der Waals surface area contributed by atoms with Gasteiger partial charge in [0, 0.05) is 37.0 Å². The van der Waals surface area contributed by atoms with Gasteiger partial charge in [0.25, 0.3) is 0 Å². The van der Waals surface area contributed by atoms with Crippen molar-refractivity contribution in [2.45, 2.75) is 54.4 Å². The summed E-state index contributed by atoms with van der Waals surface area (Å²) < 4.78 is 7.04. The molecule has 2 aromatic heterocycles. The third-order valence-electron chi connectivity index (χ3n) is 5.63. The summed E-state index contributed by atoms with van der Waals surface area (Å²) in [7, 11) is 0. The number of para-hydroxylation sites is 1. The number of ether oxygens (including phenoxy) is 1. The molecule has 0 atom stereocenters. The number of aliphatic hydroxyl groups is 1. The molecule has 0 aliphatic rings. The van der Waals surface area contributed by atoms with E-state index in [-0.39, 0.29) is 42.5 Å². The van der Waals surface area contributed by atoms with Crippen LogP contribution < -0.4 is 4.74 Å². The van der Waals surface area contributed by atoms with Crippen LogP contribution in [0.5, 0.6) is 11.6 Å². The Balaban J connectivity index is 0.000000312. The van der Waals surface area contributed by atoms with Gasteiger partial charge < -0.3 is 5.11 Å². The second kappa shape index (κ2) is 12.5. The first-order valence-electron chi connectivity index (χ1n) is 10.5. The maximum atomic E-state index is 11.8. The number of carbonyl (C=O) groups excluding carboxylic acids is 1. The van der Waals surface area contributed by atoms with E-state index in [4.69, 9.17) is 4.74 Å². The van der Waals surface area contributed by atoms with Crippen molar-refractivity contribution >= 4 is 29.9 Å². The number of hydrogen-bond acceptors (Lipinski definition) is 4. The number of aliphatic hydroxyl groups excluding tert-OH is 1. The van der Waals surface area contributed by atoms with Gasteiger partial charge in [-0.05, 0) is 12.8 Å². The molecule has 0 aliphatic heterocycles. The van der Waals surface area contributed by atoms with Crippen molar-refractivity contribution in [2.24, 2.45) is 10.8 Å². The fourth-order valence-electron chi connectivity index (χ4n) is 2.37. The number of ketones is 1. The molecule has 3 rings (SSSR count). The zero-order valence-corrected chi connectivity index (χ0v) is 23.7. The minimum absolute atomic E-state index is 0. The van der Waals surface area contributed by atoms with Crippen molar-refractivity contribution in [1.29, 1.82) is 0 Å². The Labute approximate surface area is 211 Å². The number of hydrogen-bond donors (Lipinski definition) is 1. The van der Waals surface area contributed by atoms with Crippen molar-refractivity contribution in [2.75, 3.05) is 0 Å². The van der Waals surface area contributed by atoms with Gasteiger partial charge in [-0.2, -0.15) is 0 Å². The van der Waals surface area contributed by atoms with Crippen LogP contribution in [0.25, 0.3) is 9.65 Å². The molecule has 0 fully saturated rings. The fraction of sp³-hybridized carbons (Fsp3) is 0.385. The van der Waals surface area contributed by atoms with Crippen LogP contribution in [0.1, 0.15) is 54.4 Å². The molecule has 4 nitrogen and oxygen atoms in total. The van der Waals surface area contributed by atoms with Crippen molar-refractivity contribution in [3.05, 3.63) is 65.4 Å². The van der Waals surface area contributed by atoms with Gasteiger partial charge in [0.05, 0.1) is 0 Å². The summed E-state index contributed by atoms with van der Waals surface area (Å²) in [5.74, 6) is 1.58. The Bertz CT molecular complexity index is 1030. The van der Waals surface area contributed by atoms with Gasteiger partial charge in [-0.25, -0.2) is 0 Å². The molecular weight excluding hydrogens is 645 g/mol. The number of pyridine rings is 1. The third kappa shape index (κ3) is 7.70. The predicted octanol–water partition coefficient (Wildman–Crippen LogP) is 6.75. The van der Waals surface area contributed by atoms with Crippen molar-refractivity contribution in [1.82, 2.24) is 4.98 Å². The second-order valence-corrected chi connectivity index (χ2v) is 10.6. The van der Waals surface area contributed by atoms with E-state index in [9.17, 15) is 9.90 Å². The zero-order chi connectivity index (χ0) is 23.1. The van der Waals surface area contributed by atoms with Crippen LogP contribution in [-0.2, 0) is 24.9 Å². The molecule has 1 aromatic carbocycles. The van der Waals surface area contributed by atoms with E-state index in [0.717, 1.165) is 18.2 Å². The molecule has 2 heterocycles. The summed E-state index contributed by atoms with van der Waals surface area (Å²) in [6, 6.07) is 14.7. The number of nitrogens with zero attached hydrogens (tertiary/aromatic N) is 1. The Morgan fingerprint density at radius 1 is 1.12 bits per heavy atom. The van der Waals surface area contributed by atoms with Gasteiger partial charge in [-0.1, -0.05) is 41.5 Å². The van der Waals surface area contributed by atoms with Gasteiger partial charge in [0.15, 0.2) is 5.78 Å². The average Bonchev–Trinajstić information content (AvgIpc) is 3.25. The van der Waals surface area contributed by atoms with Crippen molar-refractivity contribution in [3.8, 4) is 11.6 Å². The van der Waals surface area contributed by atoms with E-state index in [1.54, 1.807) is 6.20 Å². The molecule has 32 heavy (non-hydrogen) atoms. The summed E-state index contributed by atoms with van der Waals surface area (Å²) in [5.41, 5.74) is -0.683. The number of aromatic nitrogens is 1. The summed E-state index contributed by atoms with van der Waals surface area (Å²) >= 11 is 0.427. The minimum atomic E-state index is -0.377. The van der Waals surface area contributed by atoms with Gasteiger partial charge in [0.2, 0.25) is 0 Å². The van der Waals surface area contributed by atoms with Crippen molar-refractivity contribution < 1.29 is 34.7 Å². The first kappa shape index (κ1) is 28.3. The topological polar surface area (TPSA) is 59.4 Å². The Morgan fingerprint density at radius 3 is 2.41 bits per heavy atom. The summed E-state index contributed by atoms with van der Waals surface area (Å²) in [4.78, 5) is 18.3. The van der Waals surface area contributed by atoms with Gasteiger partial charge in [-0.15, -0.1) is 0 Å². The van der Waals surface area contributed by atoms with Crippen LogP contribution in [-0.4, -0.2) is 30.4 Å². The maximum absolute atomic E-state index is 11.8. The fourth-order valence-corrected chi connectivity index (χ4v) is 3.99. The molecule has 0 aliphatic carbocycles. The number of rotatable bonds is 7. The summed E-state index contributed by atoms with van der Waals surface area (Å²) in [6.07, 6.45) is 4.79. The van der Waals surface area contributed by atoms with Gasteiger partial charge in [-0.3, -0.25) is 4.79 Å². The zero-order valence-electron chi connectivity index (χ0n) is 19.6. The van der Waals surface area contributed by atoms with E-state index in [2.05, 4.69) is 28.1 Å². The van der Waals surface area contributed by atoms with Crippen LogP contribution in [0.15, 0.2) is 59.4 Å². The monoisotopic (exact) mass is 679 g/mol. The quantitative estimate of drug-likeness (QED) is 0.130. The number of benzene rings is 1. The molecule has 0 saturated heterocycles. The summed E-state index contributed by atoms with van der Waals surface area (Å²) in [5, 5.41) is 11.0. The molecule has 0 spiro atoms. The Hall–Kier alpha value is -1.71. The van der Waals surface area contributed by atoms with E-state index in [0.29, 0.717) is 26.1 Å². The molecule has 0 saturated carbocycles.